The molecule has 0 spiro atoms. The fourth-order valence-electron chi connectivity index (χ4n) is 3.14. The summed E-state index contributed by atoms with van der Waals surface area (Å²) in [6, 6.07) is 11.2. The van der Waals surface area contributed by atoms with Crippen molar-refractivity contribution in [3.63, 3.8) is 0 Å². The first-order valence-electron chi connectivity index (χ1n) is 9.20. The predicted octanol–water partition coefficient (Wildman–Crippen LogP) is 2.33. The third-order valence-electron chi connectivity index (χ3n) is 4.48. The summed E-state index contributed by atoms with van der Waals surface area (Å²) < 4.78 is 50.4. The predicted molar refractivity (Wildman–Crippen MR) is 107 cm³/mol. The first kappa shape index (κ1) is 20.9. The molecule has 9 heteroatoms. The Morgan fingerprint density at radius 1 is 1.21 bits per heavy atom. The topological polar surface area (TPSA) is 84.9 Å². The number of benzene rings is 2. The molecule has 2 aromatic rings. The summed E-state index contributed by atoms with van der Waals surface area (Å²) in [5.41, 5.74) is 0.224. The van der Waals surface area contributed by atoms with Crippen LogP contribution in [0.5, 0.6) is 11.5 Å². The Bertz CT molecular complexity index is 965. The van der Waals surface area contributed by atoms with Gasteiger partial charge in [-0.25, -0.2) is 12.8 Å². The van der Waals surface area contributed by atoms with Crippen molar-refractivity contribution in [3.05, 3.63) is 54.3 Å². The highest BCUT2D eigenvalue weighted by atomic mass is 32.2. The normalized spacial score (nSPS) is 16.7. The number of carbonyl (C=O) groups excluding carboxylic acids is 1. The van der Waals surface area contributed by atoms with Crippen LogP contribution in [0.2, 0.25) is 0 Å². The Hall–Kier alpha value is -2.81. The minimum absolute atomic E-state index is 0.157. The maximum absolute atomic E-state index is 13.2. The summed E-state index contributed by atoms with van der Waals surface area (Å²) in [4.78, 5) is 12.8. The zero-order valence-corrected chi connectivity index (χ0v) is 17.0. The zero-order chi connectivity index (χ0) is 21.0. The van der Waals surface area contributed by atoms with E-state index in [2.05, 4.69) is 5.32 Å². The number of fused-ring (bicyclic) bond motifs is 1. The van der Waals surface area contributed by atoms with Crippen LogP contribution < -0.4 is 19.1 Å². The van der Waals surface area contributed by atoms with Gasteiger partial charge in [0.2, 0.25) is 15.9 Å². The Labute approximate surface area is 169 Å². The lowest BCUT2D eigenvalue weighted by molar-refractivity contribution is -0.122. The number of carbonyl (C=O) groups is 1. The van der Waals surface area contributed by atoms with Crippen molar-refractivity contribution in [1.29, 1.82) is 0 Å². The molecule has 1 amide bonds. The van der Waals surface area contributed by atoms with Crippen LogP contribution in [0, 0.1) is 5.82 Å². The van der Waals surface area contributed by atoms with Crippen LogP contribution in [0.4, 0.5) is 10.1 Å². The Morgan fingerprint density at radius 2 is 1.86 bits per heavy atom. The molecule has 0 aromatic heterocycles. The van der Waals surface area contributed by atoms with E-state index < -0.39 is 33.9 Å². The van der Waals surface area contributed by atoms with Gasteiger partial charge >= 0.3 is 0 Å². The number of ether oxygens (including phenoxy) is 2. The van der Waals surface area contributed by atoms with Gasteiger partial charge in [-0.2, -0.15) is 0 Å². The standard InChI is InChI=1S/C20H23FN2O5S/c1-3-17(23(29(2,25)26)15-10-8-14(21)9-11-15)20(24)22-12-16-13-27-18-6-4-5-7-19(18)28-16/h4-11,16-17H,3,12-13H2,1-2H3,(H,22,24)/t16-,17+/m0/s1. The second-order valence-electron chi connectivity index (χ2n) is 6.70. The van der Waals surface area contributed by atoms with Gasteiger partial charge in [0.1, 0.15) is 24.6 Å². The molecule has 2 atom stereocenters. The summed E-state index contributed by atoms with van der Waals surface area (Å²) >= 11 is 0. The van der Waals surface area contributed by atoms with Crippen molar-refractivity contribution < 1.29 is 27.1 Å². The monoisotopic (exact) mass is 422 g/mol. The first-order chi connectivity index (χ1) is 13.8. The van der Waals surface area contributed by atoms with Gasteiger partial charge < -0.3 is 14.8 Å². The molecule has 0 aliphatic carbocycles. The molecule has 1 N–H and O–H groups in total. The smallest absolute Gasteiger partial charge is 0.244 e. The van der Waals surface area contributed by atoms with Crippen LogP contribution in [0.25, 0.3) is 0 Å². The summed E-state index contributed by atoms with van der Waals surface area (Å²) in [5.74, 6) is 0.273. The molecule has 29 heavy (non-hydrogen) atoms. The maximum Gasteiger partial charge on any atom is 0.244 e. The van der Waals surface area contributed by atoms with E-state index in [1.54, 1.807) is 19.1 Å². The minimum Gasteiger partial charge on any atom is -0.486 e. The van der Waals surface area contributed by atoms with Gasteiger partial charge in [0.05, 0.1) is 18.5 Å². The largest absolute Gasteiger partial charge is 0.486 e. The van der Waals surface area contributed by atoms with Crippen LogP contribution in [-0.2, 0) is 14.8 Å². The molecule has 1 aliphatic rings. The van der Waals surface area contributed by atoms with E-state index >= 15 is 0 Å². The van der Waals surface area contributed by atoms with Crippen LogP contribution in [0.3, 0.4) is 0 Å². The molecule has 7 nitrogen and oxygen atoms in total. The average Bonchev–Trinajstić information content (AvgIpc) is 2.70. The van der Waals surface area contributed by atoms with E-state index in [1.165, 1.54) is 12.1 Å². The Kier molecular flexibility index (Phi) is 6.26. The van der Waals surface area contributed by atoms with Crippen molar-refractivity contribution in [1.82, 2.24) is 5.32 Å². The van der Waals surface area contributed by atoms with Crippen LogP contribution in [0.1, 0.15) is 13.3 Å². The van der Waals surface area contributed by atoms with Crippen molar-refractivity contribution in [2.45, 2.75) is 25.5 Å². The minimum atomic E-state index is -3.78. The lowest BCUT2D eigenvalue weighted by Crippen LogP contribution is -2.51. The number of anilines is 1. The SMILES string of the molecule is CC[C@H](C(=O)NC[C@H]1COc2ccccc2O1)N(c1ccc(F)cc1)S(C)(=O)=O. The second-order valence-corrected chi connectivity index (χ2v) is 8.56. The molecule has 2 aromatic carbocycles. The molecular formula is C20H23FN2O5S. The molecule has 3 rings (SSSR count). The van der Waals surface area contributed by atoms with Gasteiger partial charge in [0.15, 0.2) is 11.5 Å². The number of hydrogen-bond acceptors (Lipinski definition) is 5. The van der Waals surface area contributed by atoms with Crippen molar-refractivity contribution in [2.24, 2.45) is 0 Å². The first-order valence-corrected chi connectivity index (χ1v) is 11.1. The molecule has 1 aliphatic heterocycles. The number of rotatable bonds is 7. The van der Waals surface area contributed by atoms with Gasteiger partial charge in [-0.05, 0) is 42.8 Å². The van der Waals surface area contributed by atoms with Gasteiger partial charge in [-0.15, -0.1) is 0 Å². The number of hydrogen-bond donors (Lipinski definition) is 1. The average molecular weight is 422 g/mol. The molecule has 1 heterocycles. The van der Waals surface area contributed by atoms with Crippen LogP contribution >= 0.6 is 0 Å². The van der Waals surface area contributed by atoms with E-state index in [0.29, 0.717) is 11.5 Å². The number of sulfonamides is 1. The number of nitrogens with zero attached hydrogens (tertiary/aromatic N) is 1. The molecule has 156 valence electrons. The molecule has 0 unspecified atom stereocenters. The molecule has 0 radical (unpaired) electrons. The molecular weight excluding hydrogens is 399 g/mol. The fraction of sp³-hybridized carbons (Fsp3) is 0.350. The Balaban J connectivity index is 1.71. The molecule has 0 bridgehead atoms. The van der Waals surface area contributed by atoms with Crippen molar-refractivity contribution in [2.75, 3.05) is 23.7 Å². The quantitative estimate of drug-likeness (QED) is 0.740. The van der Waals surface area contributed by atoms with Gasteiger partial charge in [-0.3, -0.25) is 9.10 Å². The van der Waals surface area contributed by atoms with Crippen LogP contribution in [0.15, 0.2) is 48.5 Å². The number of nitrogens with one attached hydrogen (secondary N) is 1. The van der Waals surface area contributed by atoms with Crippen LogP contribution in [-0.4, -0.2) is 45.9 Å². The zero-order valence-electron chi connectivity index (χ0n) is 16.2. The highest BCUT2D eigenvalue weighted by Crippen LogP contribution is 2.30. The van der Waals surface area contributed by atoms with E-state index in [-0.39, 0.29) is 25.3 Å². The lowest BCUT2D eigenvalue weighted by Gasteiger charge is -2.31. The number of amides is 1. The molecule has 0 saturated carbocycles. The summed E-state index contributed by atoms with van der Waals surface area (Å²) in [5, 5.41) is 2.74. The lowest BCUT2D eigenvalue weighted by atomic mass is 10.2. The van der Waals surface area contributed by atoms with Gasteiger partial charge in [0.25, 0.3) is 0 Å². The summed E-state index contributed by atoms with van der Waals surface area (Å²) in [7, 11) is -3.78. The van der Waals surface area contributed by atoms with E-state index in [4.69, 9.17) is 9.47 Å². The molecule has 0 fully saturated rings. The third-order valence-corrected chi connectivity index (χ3v) is 5.66. The summed E-state index contributed by atoms with van der Waals surface area (Å²) in [6.07, 6.45) is 0.853. The van der Waals surface area contributed by atoms with Crippen molar-refractivity contribution in [3.8, 4) is 11.5 Å². The van der Waals surface area contributed by atoms with Gasteiger partial charge in [0, 0.05) is 0 Å². The van der Waals surface area contributed by atoms with E-state index in [0.717, 1.165) is 22.7 Å². The summed E-state index contributed by atoms with van der Waals surface area (Å²) in [6.45, 7) is 2.13. The number of halogens is 1. The highest BCUT2D eigenvalue weighted by Gasteiger charge is 2.32. The second kappa shape index (κ2) is 8.69. The number of para-hydroxylation sites is 2. The van der Waals surface area contributed by atoms with Crippen molar-refractivity contribution >= 4 is 21.6 Å². The van der Waals surface area contributed by atoms with E-state index in [1.807, 2.05) is 12.1 Å². The Morgan fingerprint density at radius 3 is 2.48 bits per heavy atom. The highest BCUT2D eigenvalue weighted by molar-refractivity contribution is 7.92. The van der Waals surface area contributed by atoms with Gasteiger partial charge in [-0.1, -0.05) is 19.1 Å². The molecule has 0 saturated heterocycles. The maximum atomic E-state index is 13.2. The fourth-order valence-corrected chi connectivity index (χ4v) is 4.36. The third kappa shape index (κ3) is 4.97. The van der Waals surface area contributed by atoms with E-state index in [9.17, 15) is 17.6 Å².